The molecule has 3 heterocycles. The molecule has 4 rings (SSSR count). The molecule has 3 aromatic rings. The first-order chi connectivity index (χ1) is 14.8. The number of nitrogens with one attached hydrogen (secondary N) is 1. The van der Waals surface area contributed by atoms with Crippen LogP contribution >= 0.6 is 0 Å². The van der Waals surface area contributed by atoms with Gasteiger partial charge in [-0.25, -0.2) is 8.42 Å². The molecule has 0 aliphatic carbocycles. The van der Waals surface area contributed by atoms with Gasteiger partial charge in [-0.05, 0) is 38.0 Å². The van der Waals surface area contributed by atoms with E-state index in [1.807, 2.05) is 31.2 Å². The number of nitrogens with two attached hydrogens (primary N) is 1. The van der Waals surface area contributed by atoms with E-state index in [1.165, 1.54) is 27.2 Å². The number of nitrogen functional groups attached to an aromatic ring is 1. The van der Waals surface area contributed by atoms with Crippen LogP contribution in [0.5, 0.6) is 0 Å². The number of sulfonamides is 1. The molecule has 1 aliphatic heterocycles. The highest BCUT2D eigenvalue weighted by Crippen LogP contribution is 2.20. The highest BCUT2D eigenvalue weighted by atomic mass is 32.2. The summed E-state index contributed by atoms with van der Waals surface area (Å²) in [6, 6.07) is 10.2. The Morgan fingerprint density at radius 3 is 2.45 bits per heavy atom. The topological polar surface area (TPSA) is 136 Å². The fourth-order valence-corrected chi connectivity index (χ4v) is 4.88. The van der Waals surface area contributed by atoms with Crippen molar-refractivity contribution in [2.24, 2.45) is 0 Å². The molecule has 31 heavy (non-hydrogen) atoms. The zero-order valence-corrected chi connectivity index (χ0v) is 17.8. The van der Waals surface area contributed by atoms with E-state index in [0.717, 1.165) is 24.1 Å². The van der Waals surface area contributed by atoms with Crippen molar-refractivity contribution < 1.29 is 8.42 Å². The van der Waals surface area contributed by atoms with Crippen LogP contribution in [0.1, 0.15) is 24.2 Å². The largest absolute Gasteiger partial charge is 0.368 e. The predicted molar refractivity (Wildman–Crippen MR) is 116 cm³/mol. The Hall–Kier alpha value is -3.31. The molecule has 3 N–H and O–H groups in total. The van der Waals surface area contributed by atoms with Crippen LogP contribution in [0.3, 0.4) is 0 Å². The van der Waals surface area contributed by atoms with E-state index in [2.05, 4.69) is 20.3 Å². The highest BCUT2D eigenvalue weighted by Gasteiger charge is 2.27. The lowest BCUT2D eigenvalue weighted by atomic mass is 10.2. The zero-order chi connectivity index (χ0) is 22.0. The van der Waals surface area contributed by atoms with Crippen LogP contribution in [0.25, 0.3) is 0 Å². The molecule has 0 amide bonds. The van der Waals surface area contributed by atoms with Gasteiger partial charge in [0.1, 0.15) is 0 Å². The number of nitrogens with zero attached hydrogens (tertiary/aromatic N) is 5. The first-order valence-electron chi connectivity index (χ1n) is 9.86. The molecule has 0 spiro atoms. The Kier molecular flexibility index (Phi) is 5.70. The number of aromatic nitrogens is 4. The molecule has 1 saturated heterocycles. The molecule has 1 aliphatic rings. The van der Waals surface area contributed by atoms with Crippen molar-refractivity contribution in [3.8, 4) is 0 Å². The van der Waals surface area contributed by atoms with Crippen molar-refractivity contribution in [2.45, 2.75) is 31.2 Å². The van der Waals surface area contributed by atoms with E-state index >= 15 is 0 Å². The van der Waals surface area contributed by atoms with E-state index in [4.69, 9.17) is 5.73 Å². The van der Waals surface area contributed by atoms with Crippen LogP contribution < -0.4 is 16.6 Å². The van der Waals surface area contributed by atoms with E-state index in [-0.39, 0.29) is 34.7 Å². The van der Waals surface area contributed by atoms with Gasteiger partial charge in [-0.2, -0.15) is 19.3 Å². The third kappa shape index (κ3) is 4.72. The second kappa shape index (κ2) is 8.44. The molecular weight excluding hydrogens is 418 g/mol. The molecule has 0 saturated carbocycles. The molecule has 1 fully saturated rings. The second-order valence-corrected chi connectivity index (χ2v) is 9.30. The van der Waals surface area contributed by atoms with Crippen LogP contribution in [0.4, 0.5) is 17.6 Å². The Morgan fingerprint density at radius 1 is 1.03 bits per heavy atom. The normalized spacial score (nSPS) is 14.6. The summed E-state index contributed by atoms with van der Waals surface area (Å²) in [5.41, 5.74) is 7.34. The van der Waals surface area contributed by atoms with Crippen LogP contribution in [0.15, 0.2) is 52.3 Å². The van der Waals surface area contributed by atoms with Crippen molar-refractivity contribution in [1.82, 2.24) is 23.8 Å². The molecule has 0 bridgehead atoms. The van der Waals surface area contributed by atoms with Crippen LogP contribution in [-0.4, -0.2) is 45.3 Å². The highest BCUT2D eigenvalue weighted by molar-refractivity contribution is 7.89. The minimum Gasteiger partial charge on any atom is -0.368 e. The minimum absolute atomic E-state index is 0.00602. The Balaban J connectivity index is 1.61. The van der Waals surface area contributed by atoms with Crippen molar-refractivity contribution in [3.63, 3.8) is 0 Å². The van der Waals surface area contributed by atoms with Gasteiger partial charge in [0, 0.05) is 31.0 Å². The van der Waals surface area contributed by atoms with Crippen molar-refractivity contribution in [3.05, 3.63) is 64.3 Å². The van der Waals surface area contributed by atoms with Crippen molar-refractivity contribution in [2.75, 3.05) is 24.1 Å². The molecule has 2 aromatic heterocycles. The number of rotatable bonds is 6. The summed E-state index contributed by atoms with van der Waals surface area (Å²) < 4.78 is 28.3. The van der Waals surface area contributed by atoms with Gasteiger partial charge in [0.15, 0.2) is 5.82 Å². The van der Waals surface area contributed by atoms with Gasteiger partial charge >= 0.3 is 0 Å². The maximum Gasteiger partial charge on any atom is 0.251 e. The molecule has 0 atom stereocenters. The van der Waals surface area contributed by atoms with E-state index < -0.39 is 10.0 Å². The Labute approximate surface area is 179 Å². The predicted octanol–water partition coefficient (Wildman–Crippen LogP) is 1.50. The summed E-state index contributed by atoms with van der Waals surface area (Å²) in [5, 5.41) is 3.05. The molecule has 162 valence electrons. The van der Waals surface area contributed by atoms with Crippen LogP contribution in [0.2, 0.25) is 0 Å². The van der Waals surface area contributed by atoms with E-state index in [1.54, 1.807) is 0 Å². The van der Waals surface area contributed by atoms with Crippen molar-refractivity contribution >= 4 is 27.6 Å². The molecule has 10 nitrogen and oxygen atoms in total. The average Bonchev–Trinajstić information content (AvgIpc) is 3.27. The summed E-state index contributed by atoms with van der Waals surface area (Å²) in [6.45, 7) is 2.91. The van der Waals surface area contributed by atoms with Gasteiger partial charge in [0.05, 0.1) is 11.4 Å². The number of aryl methyl sites for hydroxylation is 1. The number of benzene rings is 1. The lowest BCUT2D eigenvalue weighted by Gasteiger charge is -2.16. The number of hydrogen-bond donors (Lipinski definition) is 2. The van der Waals surface area contributed by atoms with E-state index in [0.29, 0.717) is 13.1 Å². The summed E-state index contributed by atoms with van der Waals surface area (Å²) in [4.78, 5) is 24.9. The third-order valence-corrected chi connectivity index (χ3v) is 6.86. The van der Waals surface area contributed by atoms with Crippen molar-refractivity contribution in [1.29, 1.82) is 0 Å². The third-order valence-electron chi connectivity index (χ3n) is 4.98. The van der Waals surface area contributed by atoms with Gasteiger partial charge in [-0.3, -0.25) is 4.79 Å². The summed E-state index contributed by atoms with van der Waals surface area (Å²) in [6.07, 6.45) is 2.99. The fourth-order valence-electron chi connectivity index (χ4n) is 3.35. The summed E-state index contributed by atoms with van der Waals surface area (Å²) >= 11 is 0. The monoisotopic (exact) mass is 441 g/mol. The minimum atomic E-state index is -3.65. The number of anilines is 3. The molecular formula is C20H23N7O3S. The summed E-state index contributed by atoms with van der Waals surface area (Å²) in [5.74, 6) is 0.466. The van der Waals surface area contributed by atoms with Crippen LogP contribution in [-0.2, 0) is 16.6 Å². The maximum absolute atomic E-state index is 12.8. The molecule has 0 unspecified atom stereocenters. The molecule has 1 aromatic carbocycles. The van der Waals surface area contributed by atoms with Gasteiger partial charge in [-0.15, -0.1) is 0 Å². The Morgan fingerprint density at radius 2 is 1.74 bits per heavy atom. The SMILES string of the molecule is Cc1ccc(Nc2nc(N)nc(Cn3cc(S(=O)(=O)N4CCCC4)ccc3=O)n2)cc1. The number of pyridine rings is 1. The fraction of sp³-hybridized carbons (Fsp3) is 0.300. The maximum atomic E-state index is 12.8. The quantitative estimate of drug-likeness (QED) is 0.587. The first-order valence-corrected chi connectivity index (χ1v) is 11.3. The number of hydrogen-bond acceptors (Lipinski definition) is 8. The van der Waals surface area contributed by atoms with Gasteiger partial charge in [0.2, 0.25) is 21.9 Å². The Bertz CT molecular complexity index is 1250. The summed E-state index contributed by atoms with van der Waals surface area (Å²) in [7, 11) is -3.65. The average molecular weight is 442 g/mol. The van der Waals surface area contributed by atoms with Gasteiger partial charge in [0.25, 0.3) is 5.56 Å². The van der Waals surface area contributed by atoms with Gasteiger partial charge in [-0.1, -0.05) is 17.7 Å². The molecule has 11 heteroatoms. The zero-order valence-electron chi connectivity index (χ0n) is 17.0. The second-order valence-electron chi connectivity index (χ2n) is 7.37. The molecule has 0 radical (unpaired) electrons. The smallest absolute Gasteiger partial charge is 0.251 e. The first kappa shape index (κ1) is 20.9. The van der Waals surface area contributed by atoms with Crippen LogP contribution in [0, 0.1) is 6.92 Å². The lowest BCUT2D eigenvalue weighted by Crippen LogP contribution is -2.30. The van der Waals surface area contributed by atoms with Gasteiger partial charge < -0.3 is 15.6 Å². The standard InChI is InChI=1S/C20H23N7O3S/c1-14-4-6-15(7-5-14)22-20-24-17(23-19(21)25-20)13-26-12-16(8-9-18(26)28)31(29,30)27-10-2-3-11-27/h4-9,12H,2-3,10-11,13H2,1H3,(H3,21,22,23,24,25). The van der Waals surface area contributed by atoms with E-state index in [9.17, 15) is 13.2 Å². The lowest BCUT2D eigenvalue weighted by molar-refractivity contribution is 0.476.